The molecule has 0 aromatic heterocycles. The Morgan fingerprint density at radius 2 is 1.86 bits per heavy atom. The first kappa shape index (κ1) is 15.6. The Hall–Kier alpha value is -1.76. The number of nitrogens with one attached hydrogen (secondary N) is 1. The summed E-state index contributed by atoms with van der Waals surface area (Å²) in [6.45, 7) is 0.600. The van der Waals surface area contributed by atoms with Crippen LogP contribution in [-0.4, -0.2) is 24.2 Å². The molecular formula is C14H18F2N2O3. The second kappa shape index (κ2) is 7.31. The van der Waals surface area contributed by atoms with Gasteiger partial charge in [-0.25, -0.2) is 8.78 Å². The first-order valence-corrected chi connectivity index (χ1v) is 7.07. The van der Waals surface area contributed by atoms with E-state index in [2.05, 4.69) is 5.32 Å². The number of ether oxygens (including phenoxy) is 1. The van der Waals surface area contributed by atoms with Crippen molar-refractivity contribution in [3.05, 3.63) is 33.9 Å². The second-order valence-electron chi connectivity index (χ2n) is 5.10. The second-order valence-corrected chi connectivity index (χ2v) is 5.10. The van der Waals surface area contributed by atoms with Crippen LogP contribution >= 0.6 is 0 Å². The molecule has 21 heavy (non-hydrogen) atoms. The summed E-state index contributed by atoms with van der Waals surface area (Å²) < 4.78 is 32.8. The first-order chi connectivity index (χ1) is 10.1. The molecule has 1 aromatic rings. The van der Waals surface area contributed by atoms with E-state index in [1.807, 2.05) is 0 Å². The van der Waals surface area contributed by atoms with Crippen LogP contribution in [0.2, 0.25) is 0 Å². The molecule has 0 radical (unpaired) electrons. The van der Waals surface area contributed by atoms with Gasteiger partial charge in [-0.3, -0.25) is 10.1 Å². The van der Waals surface area contributed by atoms with Crippen molar-refractivity contribution in [2.24, 2.45) is 0 Å². The summed E-state index contributed by atoms with van der Waals surface area (Å²) in [4.78, 5) is 9.65. The number of halogens is 2. The molecule has 116 valence electrons. The smallest absolute Gasteiger partial charge is 0.275 e. The maximum atomic E-state index is 13.6. The van der Waals surface area contributed by atoms with Crippen molar-refractivity contribution in [2.75, 3.05) is 18.5 Å². The summed E-state index contributed by atoms with van der Waals surface area (Å²) >= 11 is 0. The summed E-state index contributed by atoms with van der Waals surface area (Å²) in [6, 6.07) is 1.40. The maximum Gasteiger partial charge on any atom is 0.275 e. The molecule has 1 aromatic carbocycles. The van der Waals surface area contributed by atoms with Crippen molar-refractivity contribution in [3.8, 4) is 0 Å². The van der Waals surface area contributed by atoms with Gasteiger partial charge in [0, 0.05) is 6.54 Å². The van der Waals surface area contributed by atoms with Gasteiger partial charge in [0.25, 0.3) is 5.69 Å². The molecule has 0 unspecified atom stereocenters. The molecule has 0 atom stereocenters. The van der Waals surface area contributed by atoms with E-state index >= 15 is 0 Å². The molecule has 0 spiro atoms. The van der Waals surface area contributed by atoms with Crippen LogP contribution in [0.3, 0.4) is 0 Å². The summed E-state index contributed by atoms with van der Waals surface area (Å²) in [7, 11) is 0. The fraction of sp³-hybridized carbons (Fsp3) is 0.571. The summed E-state index contributed by atoms with van der Waals surface area (Å²) in [5, 5.41) is 13.1. The quantitative estimate of drug-likeness (QED) is 0.495. The predicted molar refractivity (Wildman–Crippen MR) is 74.3 cm³/mol. The summed E-state index contributed by atoms with van der Waals surface area (Å²) in [5.74, 6) is -1.95. The summed E-state index contributed by atoms with van der Waals surface area (Å²) in [6.07, 6.45) is 5.83. The van der Waals surface area contributed by atoms with Crippen LogP contribution in [0.4, 0.5) is 20.2 Å². The Morgan fingerprint density at radius 3 is 2.43 bits per heavy atom. The maximum absolute atomic E-state index is 13.6. The first-order valence-electron chi connectivity index (χ1n) is 7.07. The lowest BCUT2D eigenvalue weighted by atomic mass is 9.98. The highest BCUT2D eigenvalue weighted by Crippen LogP contribution is 2.25. The molecule has 0 heterocycles. The molecule has 1 aliphatic rings. The highest BCUT2D eigenvalue weighted by Gasteiger charge is 2.17. The van der Waals surface area contributed by atoms with Crippen LogP contribution in [0.25, 0.3) is 0 Å². The summed E-state index contributed by atoms with van der Waals surface area (Å²) in [5.41, 5.74) is -0.957. The number of hydrogen-bond acceptors (Lipinski definition) is 4. The average molecular weight is 300 g/mol. The zero-order valence-corrected chi connectivity index (χ0v) is 11.6. The Balaban J connectivity index is 1.84. The minimum Gasteiger partial charge on any atom is -0.378 e. The van der Waals surface area contributed by atoms with Gasteiger partial charge in [-0.2, -0.15) is 0 Å². The minimum atomic E-state index is -0.973. The van der Waals surface area contributed by atoms with Gasteiger partial charge in [-0.1, -0.05) is 19.3 Å². The Kier molecular flexibility index (Phi) is 5.44. The van der Waals surface area contributed by atoms with Gasteiger partial charge in [0.2, 0.25) is 0 Å². The topological polar surface area (TPSA) is 64.4 Å². The molecule has 5 nitrogen and oxygen atoms in total. The standard InChI is InChI=1S/C14H18F2N2O3/c15-12-8-10(18(19)20)9-13(16)14(12)17-6-7-21-11-4-2-1-3-5-11/h8-9,11,17H,1-7H2. The third kappa shape index (κ3) is 4.35. The van der Waals surface area contributed by atoms with E-state index in [0.29, 0.717) is 18.7 Å². The SMILES string of the molecule is O=[N+]([O-])c1cc(F)c(NCCOC2CCCCC2)c(F)c1. The van der Waals surface area contributed by atoms with E-state index in [1.165, 1.54) is 6.42 Å². The molecule has 1 saturated carbocycles. The van der Waals surface area contributed by atoms with Crippen molar-refractivity contribution in [3.63, 3.8) is 0 Å². The third-order valence-electron chi connectivity index (χ3n) is 3.55. The van der Waals surface area contributed by atoms with Crippen molar-refractivity contribution < 1.29 is 18.4 Å². The normalized spacial score (nSPS) is 15.9. The molecule has 0 aliphatic heterocycles. The number of nitro groups is 1. The lowest BCUT2D eigenvalue weighted by Gasteiger charge is -2.22. The van der Waals surface area contributed by atoms with Gasteiger partial charge in [0.1, 0.15) is 5.69 Å². The molecule has 2 rings (SSSR count). The number of nitrogens with zero attached hydrogens (tertiary/aromatic N) is 1. The molecule has 1 fully saturated rings. The Morgan fingerprint density at radius 1 is 1.24 bits per heavy atom. The zero-order chi connectivity index (χ0) is 15.2. The number of rotatable bonds is 6. The molecule has 0 saturated heterocycles. The Bertz CT molecular complexity index is 482. The molecular weight excluding hydrogens is 282 g/mol. The number of benzene rings is 1. The number of non-ortho nitro benzene ring substituents is 1. The van der Waals surface area contributed by atoms with Crippen LogP contribution < -0.4 is 5.32 Å². The van der Waals surface area contributed by atoms with E-state index < -0.39 is 22.2 Å². The van der Waals surface area contributed by atoms with Crippen LogP contribution in [-0.2, 0) is 4.74 Å². The van der Waals surface area contributed by atoms with E-state index in [4.69, 9.17) is 4.74 Å². The molecule has 0 bridgehead atoms. The van der Waals surface area contributed by atoms with Crippen molar-refractivity contribution in [2.45, 2.75) is 38.2 Å². The van der Waals surface area contributed by atoms with Gasteiger partial charge >= 0.3 is 0 Å². The minimum absolute atomic E-state index is 0.229. The molecule has 7 heteroatoms. The van der Waals surface area contributed by atoms with Crippen LogP contribution in [0.15, 0.2) is 12.1 Å². The van der Waals surface area contributed by atoms with E-state index in [9.17, 15) is 18.9 Å². The van der Waals surface area contributed by atoms with Crippen molar-refractivity contribution in [1.29, 1.82) is 0 Å². The third-order valence-corrected chi connectivity index (χ3v) is 3.55. The van der Waals surface area contributed by atoms with Gasteiger partial charge in [0.05, 0.1) is 29.8 Å². The lowest BCUT2D eigenvalue weighted by molar-refractivity contribution is -0.385. The van der Waals surface area contributed by atoms with Crippen LogP contribution in [0.5, 0.6) is 0 Å². The molecule has 1 aliphatic carbocycles. The molecule has 1 N–H and O–H groups in total. The number of hydrogen-bond donors (Lipinski definition) is 1. The number of anilines is 1. The van der Waals surface area contributed by atoms with E-state index in [0.717, 1.165) is 25.7 Å². The highest BCUT2D eigenvalue weighted by molar-refractivity contribution is 5.51. The molecule has 0 amide bonds. The lowest BCUT2D eigenvalue weighted by Crippen LogP contribution is -2.21. The van der Waals surface area contributed by atoms with E-state index in [1.54, 1.807) is 0 Å². The van der Waals surface area contributed by atoms with Crippen molar-refractivity contribution >= 4 is 11.4 Å². The van der Waals surface area contributed by atoms with Crippen molar-refractivity contribution in [1.82, 2.24) is 0 Å². The fourth-order valence-corrected chi connectivity index (χ4v) is 2.47. The van der Waals surface area contributed by atoms with Crippen LogP contribution in [0, 0.1) is 21.7 Å². The van der Waals surface area contributed by atoms with Gasteiger partial charge in [0.15, 0.2) is 11.6 Å². The van der Waals surface area contributed by atoms with Gasteiger partial charge in [-0.15, -0.1) is 0 Å². The number of nitro benzene ring substituents is 1. The Labute approximate surface area is 121 Å². The van der Waals surface area contributed by atoms with Gasteiger partial charge in [-0.05, 0) is 12.8 Å². The average Bonchev–Trinajstić information content (AvgIpc) is 2.46. The largest absolute Gasteiger partial charge is 0.378 e. The monoisotopic (exact) mass is 300 g/mol. The predicted octanol–water partition coefficient (Wildman–Crippen LogP) is 3.63. The fourth-order valence-electron chi connectivity index (χ4n) is 2.47. The van der Waals surface area contributed by atoms with Crippen LogP contribution in [0.1, 0.15) is 32.1 Å². The highest BCUT2D eigenvalue weighted by atomic mass is 19.1. The zero-order valence-electron chi connectivity index (χ0n) is 11.6. The van der Waals surface area contributed by atoms with E-state index in [-0.39, 0.29) is 18.3 Å². The van der Waals surface area contributed by atoms with Gasteiger partial charge < -0.3 is 10.1 Å².